The Morgan fingerprint density at radius 1 is 1.00 bits per heavy atom. The molecule has 138 valence electrons. The summed E-state index contributed by atoms with van der Waals surface area (Å²) >= 11 is 0. The molecule has 0 radical (unpaired) electrons. The van der Waals surface area contributed by atoms with Gasteiger partial charge in [0.1, 0.15) is 0 Å². The van der Waals surface area contributed by atoms with Gasteiger partial charge in [0, 0.05) is 17.3 Å². The van der Waals surface area contributed by atoms with Crippen molar-refractivity contribution in [1.82, 2.24) is 14.6 Å². The summed E-state index contributed by atoms with van der Waals surface area (Å²) in [5, 5.41) is 16.2. The molecular formula is C21H16N4O3. The van der Waals surface area contributed by atoms with Crippen molar-refractivity contribution in [2.75, 3.05) is 5.32 Å². The summed E-state index contributed by atoms with van der Waals surface area (Å²) in [6.45, 7) is 1.88. The molecule has 4 rings (SSSR count). The van der Waals surface area contributed by atoms with Crippen LogP contribution in [0.5, 0.6) is 0 Å². The van der Waals surface area contributed by atoms with Gasteiger partial charge in [0.25, 0.3) is 5.91 Å². The Balaban J connectivity index is 1.69. The molecule has 0 aliphatic heterocycles. The summed E-state index contributed by atoms with van der Waals surface area (Å²) in [6, 6.07) is 19.4. The summed E-state index contributed by atoms with van der Waals surface area (Å²) in [4.78, 5) is 28.5. The molecule has 2 aromatic heterocycles. The van der Waals surface area contributed by atoms with Gasteiger partial charge in [0.05, 0.1) is 16.9 Å². The molecule has 2 aromatic carbocycles. The summed E-state index contributed by atoms with van der Waals surface area (Å²) in [6.07, 6.45) is 0. The molecule has 0 aliphatic carbocycles. The number of aryl methyl sites for hydroxylation is 1. The molecule has 0 unspecified atom stereocenters. The van der Waals surface area contributed by atoms with E-state index >= 15 is 0 Å². The van der Waals surface area contributed by atoms with Crippen LogP contribution >= 0.6 is 0 Å². The van der Waals surface area contributed by atoms with Gasteiger partial charge in [-0.1, -0.05) is 42.5 Å². The zero-order valence-corrected chi connectivity index (χ0v) is 15.0. The molecule has 7 heteroatoms. The zero-order valence-electron chi connectivity index (χ0n) is 15.0. The van der Waals surface area contributed by atoms with Crippen molar-refractivity contribution >= 4 is 23.2 Å². The predicted octanol–water partition coefficient (Wildman–Crippen LogP) is 3.66. The summed E-state index contributed by atoms with van der Waals surface area (Å²) in [5.74, 6) is -1.62. The van der Waals surface area contributed by atoms with E-state index in [0.717, 1.165) is 17.0 Å². The summed E-state index contributed by atoms with van der Waals surface area (Å²) < 4.78 is 1.59. The Bertz CT molecular complexity index is 1200. The van der Waals surface area contributed by atoms with E-state index in [1.807, 2.05) is 43.3 Å². The topological polar surface area (TPSA) is 96.6 Å². The van der Waals surface area contributed by atoms with Crippen LogP contribution in [0.1, 0.15) is 26.5 Å². The molecule has 0 bridgehead atoms. The minimum absolute atomic E-state index is 0.0142. The predicted molar refractivity (Wildman–Crippen MR) is 105 cm³/mol. The smallest absolute Gasteiger partial charge is 0.337 e. The largest absolute Gasteiger partial charge is 0.478 e. The van der Waals surface area contributed by atoms with Crippen molar-refractivity contribution in [1.29, 1.82) is 0 Å². The molecule has 2 heterocycles. The second-order valence-corrected chi connectivity index (χ2v) is 6.25. The first kappa shape index (κ1) is 17.4. The Hall–Kier alpha value is -4.00. The number of nitrogens with one attached hydrogen (secondary N) is 1. The lowest BCUT2D eigenvalue weighted by atomic mass is 10.1. The molecule has 1 amide bonds. The fraction of sp³-hybridized carbons (Fsp3) is 0.0476. The van der Waals surface area contributed by atoms with Crippen LogP contribution < -0.4 is 5.32 Å². The SMILES string of the molecule is Cc1cc(-c2ccccc2)nc2cc(C(=O)Nc3ccccc3C(=O)O)nn12. The molecule has 0 fully saturated rings. The van der Waals surface area contributed by atoms with Gasteiger partial charge in [-0.2, -0.15) is 5.10 Å². The minimum Gasteiger partial charge on any atom is -0.478 e. The molecule has 4 aromatic rings. The van der Waals surface area contributed by atoms with Gasteiger partial charge in [-0.3, -0.25) is 4.79 Å². The van der Waals surface area contributed by atoms with Gasteiger partial charge in [0.15, 0.2) is 11.3 Å². The highest BCUT2D eigenvalue weighted by atomic mass is 16.4. The van der Waals surface area contributed by atoms with Crippen molar-refractivity contribution in [2.45, 2.75) is 6.92 Å². The van der Waals surface area contributed by atoms with Gasteiger partial charge >= 0.3 is 5.97 Å². The van der Waals surface area contributed by atoms with Gasteiger partial charge in [-0.05, 0) is 25.1 Å². The van der Waals surface area contributed by atoms with E-state index in [1.54, 1.807) is 22.7 Å². The van der Waals surface area contributed by atoms with Crippen LogP contribution in [0.4, 0.5) is 5.69 Å². The highest BCUT2D eigenvalue weighted by Crippen LogP contribution is 2.21. The van der Waals surface area contributed by atoms with E-state index < -0.39 is 11.9 Å². The van der Waals surface area contributed by atoms with Crippen LogP contribution in [0.2, 0.25) is 0 Å². The number of carbonyl (C=O) groups is 2. The number of carboxylic acids is 1. The van der Waals surface area contributed by atoms with E-state index in [9.17, 15) is 14.7 Å². The van der Waals surface area contributed by atoms with Crippen LogP contribution in [0.3, 0.4) is 0 Å². The van der Waals surface area contributed by atoms with Crippen molar-refractivity contribution in [3.8, 4) is 11.3 Å². The number of aromatic nitrogens is 3. The molecular weight excluding hydrogens is 356 g/mol. The number of para-hydroxylation sites is 1. The molecule has 0 atom stereocenters. The summed E-state index contributed by atoms with van der Waals surface area (Å²) in [5.41, 5.74) is 3.50. The highest BCUT2D eigenvalue weighted by molar-refractivity contribution is 6.07. The maximum atomic E-state index is 12.6. The third-order valence-electron chi connectivity index (χ3n) is 4.31. The summed E-state index contributed by atoms with van der Waals surface area (Å²) in [7, 11) is 0. The number of carbonyl (C=O) groups excluding carboxylic acids is 1. The quantitative estimate of drug-likeness (QED) is 0.570. The van der Waals surface area contributed by atoms with E-state index in [1.165, 1.54) is 12.1 Å². The molecule has 2 N–H and O–H groups in total. The third kappa shape index (κ3) is 3.21. The lowest BCUT2D eigenvalue weighted by Gasteiger charge is -2.06. The van der Waals surface area contributed by atoms with Crippen LogP contribution in [0.25, 0.3) is 16.9 Å². The van der Waals surface area contributed by atoms with Crippen molar-refractivity contribution in [3.63, 3.8) is 0 Å². The molecule has 0 aliphatic rings. The minimum atomic E-state index is -1.11. The van der Waals surface area contributed by atoms with Crippen molar-refractivity contribution in [2.24, 2.45) is 0 Å². The number of nitrogens with zero attached hydrogens (tertiary/aromatic N) is 3. The number of anilines is 1. The number of fused-ring (bicyclic) bond motifs is 1. The van der Waals surface area contributed by atoms with Crippen LogP contribution in [0, 0.1) is 6.92 Å². The van der Waals surface area contributed by atoms with E-state index in [0.29, 0.717) is 5.65 Å². The van der Waals surface area contributed by atoms with Crippen molar-refractivity contribution < 1.29 is 14.7 Å². The Morgan fingerprint density at radius 3 is 2.46 bits per heavy atom. The molecule has 7 nitrogen and oxygen atoms in total. The second kappa shape index (κ2) is 6.96. The normalized spacial score (nSPS) is 10.8. The molecule has 0 spiro atoms. The Morgan fingerprint density at radius 2 is 1.71 bits per heavy atom. The zero-order chi connectivity index (χ0) is 19.7. The number of carboxylic acid groups (broad SMARTS) is 1. The lowest BCUT2D eigenvalue weighted by molar-refractivity contribution is 0.0698. The molecule has 0 saturated carbocycles. The fourth-order valence-electron chi connectivity index (χ4n) is 2.96. The maximum Gasteiger partial charge on any atom is 0.337 e. The lowest BCUT2D eigenvalue weighted by Crippen LogP contribution is -2.15. The maximum absolute atomic E-state index is 12.6. The second-order valence-electron chi connectivity index (χ2n) is 6.25. The number of benzene rings is 2. The molecule has 0 saturated heterocycles. The van der Waals surface area contributed by atoms with E-state index in [2.05, 4.69) is 15.4 Å². The number of amides is 1. The standard InChI is InChI=1S/C21H16N4O3/c1-13-11-17(14-7-3-2-4-8-14)22-19-12-18(24-25(13)19)20(26)23-16-10-6-5-9-15(16)21(27)28/h2-12H,1H3,(H,23,26)(H,27,28). The number of hydrogen-bond acceptors (Lipinski definition) is 4. The van der Waals surface area contributed by atoms with E-state index in [4.69, 9.17) is 0 Å². The van der Waals surface area contributed by atoms with Gasteiger partial charge in [-0.15, -0.1) is 0 Å². The number of rotatable bonds is 4. The van der Waals surface area contributed by atoms with Crippen LogP contribution in [-0.2, 0) is 0 Å². The molecule has 28 heavy (non-hydrogen) atoms. The van der Waals surface area contributed by atoms with E-state index in [-0.39, 0.29) is 16.9 Å². The fourth-order valence-corrected chi connectivity index (χ4v) is 2.96. The Kier molecular flexibility index (Phi) is 4.33. The highest BCUT2D eigenvalue weighted by Gasteiger charge is 2.17. The van der Waals surface area contributed by atoms with Crippen LogP contribution in [-0.4, -0.2) is 31.6 Å². The third-order valence-corrected chi connectivity index (χ3v) is 4.31. The average molecular weight is 372 g/mol. The Labute approximate surface area is 160 Å². The first-order valence-corrected chi connectivity index (χ1v) is 8.59. The van der Waals surface area contributed by atoms with Gasteiger partial charge in [-0.25, -0.2) is 14.3 Å². The average Bonchev–Trinajstić information content (AvgIpc) is 3.14. The van der Waals surface area contributed by atoms with Gasteiger partial charge < -0.3 is 10.4 Å². The number of aromatic carboxylic acids is 1. The van der Waals surface area contributed by atoms with Crippen LogP contribution in [0.15, 0.2) is 66.7 Å². The van der Waals surface area contributed by atoms with Crippen molar-refractivity contribution in [3.05, 3.63) is 83.7 Å². The first-order chi connectivity index (χ1) is 13.5. The number of hydrogen-bond donors (Lipinski definition) is 2. The first-order valence-electron chi connectivity index (χ1n) is 8.59. The monoisotopic (exact) mass is 372 g/mol. The van der Waals surface area contributed by atoms with Gasteiger partial charge in [0.2, 0.25) is 0 Å².